The number of thiophene rings is 1. The van der Waals surface area contributed by atoms with Crippen LogP contribution in [0.5, 0.6) is 0 Å². The maximum absolute atomic E-state index is 13.0. The molecule has 1 aliphatic rings. The Hall–Kier alpha value is -2.26. The molecule has 2 aromatic heterocycles. The van der Waals surface area contributed by atoms with E-state index >= 15 is 0 Å². The molecule has 1 fully saturated rings. The van der Waals surface area contributed by atoms with Crippen molar-refractivity contribution in [1.29, 1.82) is 0 Å². The number of esters is 2. The highest BCUT2D eigenvalue weighted by atomic mass is 32.1. The zero-order chi connectivity index (χ0) is 21.0. The summed E-state index contributed by atoms with van der Waals surface area (Å²) in [6, 6.07) is -0.840. The second kappa shape index (κ2) is 9.49. The number of carbonyl (C=O) groups excluding carboxylic acids is 2. The van der Waals surface area contributed by atoms with Crippen molar-refractivity contribution in [2.75, 3.05) is 20.3 Å². The predicted octanol–water partition coefficient (Wildman–Crippen LogP) is 3.01. The molecule has 9 heteroatoms. The van der Waals surface area contributed by atoms with Gasteiger partial charge in [-0.2, -0.15) is 0 Å². The van der Waals surface area contributed by atoms with Gasteiger partial charge in [0.05, 0.1) is 18.3 Å². The van der Waals surface area contributed by atoms with Gasteiger partial charge in [-0.1, -0.05) is 6.42 Å². The zero-order valence-electron chi connectivity index (χ0n) is 16.9. The largest absolute Gasteiger partial charge is 0.462 e. The monoisotopic (exact) mass is 422 g/mol. The number of aromatic nitrogens is 2. The first-order valence-corrected chi connectivity index (χ1v) is 10.6. The summed E-state index contributed by atoms with van der Waals surface area (Å²) in [5.41, 5.74) is 0.161. The molecule has 1 aliphatic carbocycles. The Morgan fingerprint density at radius 1 is 1.28 bits per heavy atom. The first-order valence-electron chi connectivity index (χ1n) is 9.80. The molecule has 0 aliphatic heterocycles. The predicted molar refractivity (Wildman–Crippen MR) is 108 cm³/mol. The van der Waals surface area contributed by atoms with Gasteiger partial charge in [-0.25, -0.2) is 14.6 Å². The lowest BCUT2D eigenvalue weighted by molar-refractivity contribution is -0.148. The highest BCUT2D eigenvalue weighted by Gasteiger charge is 2.26. The number of methoxy groups -OCH3 is 1. The van der Waals surface area contributed by atoms with Crippen molar-refractivity contribution >= 4 is 33.5 Å². The van der Waals surface area contributed by atoms with Gasteiger partial charge in [0.25, 0.3) is 5.56 Å². The molecule has 0 spiro atoms. The number of rotatable bonds is 7. The third kappa shape index (κ3) is 4.67. The van der Waals surface area contributed by atoms with Crippen molar-refractivity contribution in [3.05, 3.63) is 27.1 Å². The first kappa shape index (κ1) is 21.4. The third-order valence-electron chi connectivity index (χ3n) is 5.18. The van der Waals surface area contributed by atoms with Crippen LogP contribution in [-0.2, 0) is 19.0 Å². The molecule has 0 bridgehead atoms. The summed E-state index contributed by atoms with van der Waals surface area (Å²) < 4.78 is 16.8. The fourth-order valence-electron chi connectivity index (χ4n) is 3.46. The van der Waals surface area contributed by atoms with Crippen molar-refractivity contribution in [2.24, 2.45) is 0 Å². The van der Waals surface area contributed by atoms with E-state index in [1.54, 1.807) is 13.8 Å². The molecule has 3 rings (SSSR count). The van der Waals surface area contributed by atoms with Crippen molar-refractivity contribution < 1.29 is 23.8 Å². The van der Waals surface area contributed by atoms with E-state index in [1.165, 1.54) is 24.4 Å². The van der Waals surface area contributed by atoms with Crippen LogP contribution in [0.25, 0.3) is 10.2 Å². The van der Waals surface area contributed by atoms with E-state index in [4.69, 9.17) is 14.2 Å². The molecule has 29 heavy (non-hydrogen) atoms. The van der Waals surface area contributed by atoms with Gasteiger partial charge in [-0.15, -0.1) is 11.3 Å². The van der Waals surface area contributed by atoms with Gasteiger partial charge in [0, 0.05) is 7.11 Å². The average Bonchev–Trinajstić information content (AvgIpc) is 3.06. The van der Waals surface area contributed by atoms with Crippen LogP contribution in [0.2, 0.25) is 0 Å². The average molecular weight is 423 g/mol. The van der Waals surface area contributed by atoms with Crippen LogP contribution in [0.1, 0.15) is 60.3 Å². The van der Waals surface area contributed by atoms with Crippen molar-refractivity contribution in [3.63, 3.8) is 0 Å². The normalized spacial score (nSPS) is 16.0. The lowest BCUT2D eigenvalue weighted by atomic mass is 9.98. The Kier molecular flexibility index (Phi) is 7.02. The molecule has 0 radical (unpaired) electrons. The molecule has 1 unspecified atom stereocenters. The van der Waals surface area contributed by atoms with E-state index in [0.29, 0.717) is 20.7 Å². The summed E-state index contributed by atoms with van der Waals surface area (Å²) in [5.74, 6) is -0.953. The molecule has 158 valence electrons. The third-order valence-corrected chi connectivity index (χ3v) is 6.36. The second-order valence-electron chi connectivity index (χ2n) is 7.19. The Morgan fingerprint density at radius 2 is 2.00 bits per heavy atom. The van der Waals surface area contributed by atoms with Gasteiger partial charge >= 0.3 is 11.9 Å². The molecule has 0 aromatic carbocycles. The van der Waals surface area contributed by atoms with Crippen LogP contribution in [0.15, 0.2) is 11.1 Å². The van der Waals surface area contributed by atoms with Crippen LogP contribution >= 0.6 is 11.3 Å². The van der Waals surface area contributed by atoms with Crippen molar-refractivity contribution in [2.45, 2.75) is 58.1 Å². The molecule has 0 amide bonds. The molecular formula is C20H26N2O6S. The molecule has 2 aromatic rings. The van der Waals surface area contributed by atoms with E-state index in [0.717, 1.165) is 37.0 Å². The summed E-state index contributed by atoms with van der Waals surface area (Å²) in [6.45, 7) is 3.68. The van der Waals surface area contributed by atoms with E-state index in [9.17, 15) is 14.4 Å². The lowest BCUT2D eigenvalue weighted by Gasteiger charge is -2.21. The standard InChI is InChI=1S/C20H26N2O6S/c1-12-15-17(29-16(12)20(25)28-14-7-5-4-6-8-14)21-11-22(18(15)23)13(2)19(24)27-10-9-26-3/h11,13-14H,4-10H2,1-3H3. The fourth-order valence-corrected chi connectivity index (χ4v) is 4.48. The van der Waals surface area contributed by atoms with Crippen LogP contribution in [0, 0.1) is 6.92 Å². The number of hydrogen-bond donors (Lipinski definition) is 0. The van der Waals surface area contributed by atoms with Crippen LogP contribution < -0.4 is 5.56 Å². The van der Waals surface area contributed by atoms with Crippen molar-refractivity contribution in [1.82, 2.24) is 9.55 Å². The summed E-state index contributed by atoms with van der Waals surface area (Å²) in [5, 5.41) is 0.338. The molecule has 2 heterocycles. The van der Waals surface area contributed by atoms with Gasteiger partial charge in [0.1, 0.15) is 28.5 Å². The van der Waals surface area contributed by atoms with Gasteiger partial charge < -0.3 is 14.2 Å². The van der Waals surface area contributed by atoms with Gasteiger partial charge in [-0.3, -0.25) is 9.36 Å². The molecular weight excluding hydrogens is 396 g/mol. The lowest BCUT2D eigenvalue weighted by Crippen LogP contribution is -2.30. The number of fused-ring (bicyclic) bond motifs is 1. The number of ether oxygens (including phenoxy) is 3. The smallest absolute Gasteiger partial charge is 0.348 e. The van der Waals surface area contributed by atoms with Gasteiger partial charge in [-0.05, 0) is 45.1 Å². The van der Waals surface area contributed by atoms with Crippen LogP contribution in [0.4, 0.5) is 0 Å². The summed E-state index contributed by atoms with van der Waals surface area (Å²) in [7, 11) is 1.51. The van der Waals surface area contributed by atoms with Gasteiger partial charge in [0.15, 0.2) is 0 Å². The zero-order valence-corrected chi connectivity index (χ0v) is 17.8. The molecule has 1 saturated carbocycles. The highest BCUT2D eigenvalue weighted by molar-refractivity contribution is 7.20. The molecule has 0 saturated heterocycles. The number of carbonyl (C=O) groups is 2. The molecule has 8 nitrogen and oxygen atoms in total. The Labute approximate surface area is 172 Å². The number of nitrogens with zero attached hydrogens (tertiary/aromatic N) is 2. The summed E-state index contributed by atoms with van der Waals surface area (Å²) >= 11 is 1.15. The fraction of sp³-hybridized carbons (Fsp3) is 0.600. The van der Waals surface area contributed by atoms with E-state index in [2.05, 4.69) is 4.98 Å². The molecule has 1 atom stereocenters. The summed E-state index contributed by atoms with van der Waals surface area (Å²) in [6.07, 6.45) is 6.31. The Balaban J connectivity index is 1.84. The van der Waals surface area contributed by atoms with E-state index < -0.39 is 18.0 Å². The topological polar surface area (TPSA) is 96.7 Å². The minimum atomic E-state index is -0.840. The SMILES string of the molecule is COCCOC(=O)C(C)n1cnc2sc(C(=O)OC3CCCCC3)c(C)c2c1=O. The molecule has 0 N–H and O–H groups in total. The van der Waals surface area contributed by atoms with E-state index in [1.807, 2.05) is 0 Å². The number of hydrogen-bond acceptors (Lipinski definition) is 8. The first-order chi connectivity index (χ1) is 13.9. The minimum Gasteiger partial charge on any atom is -0.462 e. The van der Waals surface area contributed by atoms with E-state index in [-0.39, 0.29) is 24.9 Å². The van der Waals surface area contributed by atoms with Crippen LogP contribution in [0.3, 0.4) is 0 Å². The Morgan fingerprint density at radius 3 is 2.69 bits per heavy atom. The Bertz CT molecular complexity index is 944. The quantitative estimate of drug-likeness (QED) is 0.500. The van der Waals surface area contributed by atoms with Crippen molar-refractivity contribution in [3.8, 4) is 0 Å². The minimum absolute atomic E-state index is 0.0626. The second-order valence-corrected chi connectivity index (χ2v) is 8.19. The highest BCUT2D eigenvalue weighted by Crippen LogP contribution is 2.29. The number of aryl methyl sites for hydroxylation is 1. The van der Waals surface area contributed by atoms with Gasteiger partial charge in [0.2, 0.25) is 0 Å². The van der Waals surface area contributed by atoms with Crippen LogP contribution in [-0.4, -0.2) is 47.9 Å². The maximum Gasteiger partial charge on any atom is 0.348 e. The summed E-state index contributed by atoms with van der Waals surface area (Å²) in [4.78, 5) is 43.0. The maximum atomic E-state index is 13.0.